The first kappa shape index (κ1) is 13.8. The maximum Gasteiger partial charge on any atom is 0.150 e. The first-order chi connectivity index (χ1) is 8.52. The van der Waals surface area contributed by atoms with Crippen LogP contribution >= 0.6 is 11.6 Å². The third-order valence-electron chi connectivity index (χ3n) is 3.26. The van der Waals surface area contributed by atoms with Crippen LogP contribution in [0.3, 0.4) is 0 Å². The molecule has 5 heteroatoms. The second kappa shape index (κ2) is 5.59. The van der Waals surface area contributed by atoms with E-state index < -0.39 is 9.84 Å². The Morgan fingerprint density at radius 2 is 2.28 bits per heavy atom. The lowest BCUT2D eigenvalue weighted by Gasteiger charge is -2.16. The number of sulfone groups is 1. The highest BCUT2D eigenvalue weighted by molar-refractivity contribution is 7.91. The number of benzene rings is 1. The number of hydrogen-bond acceptors (Lipinski definition) is 3. The van der Waals surface area contributed by atoms with Crippen molar-refractivity contribution >= 4 is 21.4 Å². The van der Waals surface area contributed by atoms with Gasteiger partial charge in [0, 0.05) is 7.11 Å². The van der Waals surface area contributed by atoms with Crippen molar-refractivity contribution in [1.29, 1.82) is 0 Å². The summed E-state index contributed by atoms with van der Waals surface area (Å²) in [5, 5.41) is -0.237. The van der Waals surface area contributed by atoms with Crippen LogP contribution in [0.15, 0.2) is 24.3 Å². The number of rotatable bonds is 4. The van der Waals surface area contributed by atoms with E-state index in [0.29, 0.717) is 13.0 Å². The van der Waals surface area contributed by atoms with Gasteiger partial charge in [0.05, 0.1) is 23.5 Å². The Bertz CT molecular complexity index is 513. The van der Waals surface area contributed by atoms with Gasteiger partial charge in [-0.05, 0) is 23.5 Å². The van der Waals surface area contributed by atoms with Gasteiger partial charge in [-0.3, -0.25) is 0 Å². The van der Waals surface area contributed by atoms with Gasteiger partial charge >= 0.3 is 0 Å². The smallest absolute Gasteiger partial charge is 0.150 e. The van der Waals surface area contributed by atoms with E-state index in [1.807, 2.05) is 24.3 Å². The normalized spacial score (nSPS) is 24.0. The monoisotopic (exact) mass is 288 g/mol. The highest BCUT2D eigenvalue weighted by atomic mass is 35.5. The van der Waals surface area contributed by atoms with Crippen LogP contribution in [-0.4, -0.2) is 27.0 Å². The first-order valence-electron chi connectivity index (χ1n) is 5.94. The number of alkyl halides is 1. The van der Waals surface area contributed by atoms with Gasteiger partial charge < -0.3 is 4.74 Å². The van der Waals surface area contributed by atoms with Crippen LogP contribution in [-0.2, 0) is 21.2 Å². The summed E-state index contributed by atoms with van der Waals surface area (Å²) in [4.78, 5) is 0. The largest absolute Gasteiger partial charge is 0.380 e. The number of methoxy groups -OCH3 is 1. The van der Waals surface area contributed by atoms with E-state index in [1.165, 1.54) is 0 Å². The summed E-state index contributed by atoms with van der Waals surface area (Å²) < 4.78 is 28.0. The predicted molar refractivity (Wildman–Crippen MR) is 72.5 cm³/mol. The zero-order valence-electron chi connectivity index (χ0n) is 10.3. The van der Waals surface area contributed by atoms with E-state index in [9.17, 15) is 8.42 Å². The van der Waals surface area contributed by atoms with E-state index in [1.54, 1.807) is 7.11 Å². The lowest BCUT2D eigenvalue weighted by atomic mass is 9.97. The molecule has 0 bridgehead atoms. The van der Waals surface area contributed by atoms with Gasteiger partial charge in [-0.15, -0.1) is 11.6 Å². The van der Waals surface area contributed by atoms with Crippen molar-refractivity contribution in [2.24, 2.45) is 5.92 Å². The van der Waals surface area contributed by atoms with Crippen LogP contribution in [0.1, 0.15) is 22.9 Å². The summed E-state index contributed by atoms with van der Waals surface area (Å²) in [5.74, 6) is 0.489. The summed E-state index contributed by atoms with van der Waals surface area (Å²) >= 11 is 6.41. The van der Waals surface area contributed by atoms with Crippen LogP contribution in [0.2, 0.25) is 0 Å². The van der Waals surface area contributed by atoms with E-state index in [-0.39, 0.29) is 22.8 Å². The van der Waals surface area contributed by atoms with Gasteiger partial charge in [0.15, 0.2) is 9.84 Å². The molecular weight excluding hydrogens is 272 g/mol. The lowest BCUT2D eigenvalue weighted by molar-refractivity contribution is 0.185. The second-order valence-electron chi connectivity index (χ2n) is 4.74. The molecular formula is C13H17ClO3S. The van der Waals surface area contributed by atoms with Crippen LogP contribution in [0.5, 0.6) is 0 Å². The number of halogens is 1. The van der Waals surface area contributed by atoms with Crippen molar-refractivity contribution in [2.45, 2.75) is 18.4 Å². The van der Waals surface area contributed by atoms with Crippen molar-refractivity contribution in [1.82, 2.24) is 0 Å². The highest BCUT2D eigenvalue weighted by Gasteiger charge is 2.33. The fourth-order valence-electron chi connectivity index (χ4n) is 2.35. The molecule has 1 aromatic carbocycles. The molecule has 0 aliphatic carbocycles. The zero-order valence-corrected chi connectivity index (χ0v) is 11.9. The maximum absolute atomic E-state index is 11.5. The zero-order chi connectivity index (χ0) is 13.2. The summed E-state index contributed by atoms with van der Waals surface area (Å²) in [6.45, 7) is 0.542. The van der Waals surface area contributed by atoms with E-state index >= 15 is 0 Å². The van der Waals surface area contributed by atoms with Crippen molar-refractivity contribution < 1.29 is 13.2 Å². The fraction of sp³-hybridized carbons (Fsp3) is 0.538. The molecule has 2 rings (SSSR count). The number of ether oxygens (including phenoxy) is 1. The van der Waals surface area contributed by atoms with Gasteiger partial charge in [0.25, 0.3) is 0 Å². The van der Waals surface area contributed by atoms with Gasteiger partial charge in [0.1, 0.15) is 0 Å². The molecule has 2 unspecified atom stereocenters. The van der Waals surface area contributed by atoms with Crippen LogP contribution in [0.25, 0.3) is 0 Å². The molecule has 1 heterocycles. The van der Waals surface area contributed by atoms with Crippen molar-refractivity contribution in [2.75, 3.05) is 18.6 Å². The molecule has 0 radical (unpaired) electrons. The molecule has 1 aromatic rings. The van der Waals surface area contributed by atoms with Gasteiger partial charge in [-0.2, -0.15) is 0 Å². The second-order valence-corrected chi connectivity index (χ2v) is 7.44. The molecule has 18 heavy (non-hydrogen) atoms. The van der Waals surface area contributed by atoms with Gasteiger partial charge in [0.2, 0.25) is 0 Å². The maximum atomic E-state index is 11.5. The van der Waals surface area contributed by atoms with Crippen molar-refractivity contribution in [3.05, 3.63) is 35.4 Å². The molecule has 0 N–H and O–H groups in total. The topological polar surface area (TPSA) is 43.4 Å². The average molecular weight is 289 g/mol. The molecule has 3 nitrogen and oxygen atoms in total. The molecule has 2 atom stereocenters. The van der Waals surface area contributed by atoms with Crippen LogP contribution < -0.4 is 0 Å². The van der Waals surface area contributed by atoms with Crippen LogP contribution in [0.4, 0.5) is 0 Å². The fourth-order valence-corrected chi connectivity index (χ4v) is 4.64. The SMILES string of the molecule is COCc1cccc(C(Cl)C2CCS(=O)(=O)C2)c1. The Hall–Kier alpha value is -0.580. The minimum Gasteiger partial charge on any atom is -0.380 e. The molecule has 0 saturated carbocycles. The summed E-state index contributed by atoms with van der Waals surface area (Å²) in [7, 11) is -1.23. The number of hydrogen-bond donors (Lipinski definition) is 0. The summed E-state index contributed by atoms with van der Waals surface area (Å²) in [6, 6.07) is 7.85. The van der Waals surface area contributed by atoms with Gasteiger partial charge in [-0.25, -0.2) is 8.42 Å². The first-order valence-corrected chi connectivity index (χ1v) is 8.20. The molecule has 0 spiro atoms. The quantitative estimate of drug-likeness (QED) is 0.800. The van der Waals surface area contributed by atoms with E-state index in [0.717, 1.165) is 11.1 Å². The molecule has 1 aliphatic rings. The van der Waals surface area contributed by atoms with Crippen molar-refractivity contribution in [3.63, 3.8) is 0 Å². The van der Waals surface area contributed by atoms with Crippen LogP contribution in [0, 0.1) is 5.92 Å². The van der Waals surface area contributed by atoms with Gasteiger partial charge in [-0.1, -0.05) is 24.3 Å². The molecule has 100 valence electrons. The lowest BCUT2D eigenvalue weighted by Crippen LogP contribution is -2.10. The highest BCUT2D eigenvalue weighted by Crippen LogP contribution is 2.36. The predicted octanol–water partition coefficient (Wildman–Crippen LogP) is 2.55. The third-order valence-corrected chi connectivity index (χ3v) is 5.66. The standard InChI is InChI=1S/C13H17ClO3S/c1-17-8-10-3-2-4-11(7-10)13(14)12-5-6-18(15,16)9-12/h2-4,7,12-13H,5-6,8-9H2,1H3. The van der Waals surface area contributed by atoms with E-state index in [4.69, 9.17) is 16.3 Å². The minimum atomic E-state index is -2.88. The van der Waals surface area contributed by atoms with Crippen molar-refractivity contribution in [3.8, 4) is 0 Å². The Kier molecular flexibility index (Phi) is 4.30. The molecule has 1 saturated heterocycles. The summed E-state index contributed by atoms with van der Waals surface area (Å²) in [6.07, 6.45) is 0.658. The molecule has 1 aliphatic heterocycles. The Morgan fingerprint density at radius 3 is 2.89 bits per heavy atom. The molecule has 0 aromatic heterocycles. The molecule has 0 amide bonds. The minimum absolute atomic E-state index is 0.0226. The Morgan fingerprint density at radius 1 is 1.50 bits per heavy atom. The summed E-state index contributed by atoms with van der Waals surface area (Å²) in [5.41, 5.74) is 2.04. The molecule has 1 fully saturated rings. The average Bonchev–Trinajstić information content (AvgIpc) is 2.70. The third kappa shape index (κ3) is 3.25. The Labute approximate surface area is 113 Å². The van der Waals surface area contributed by atoms with E-state index in [2.05, 4.69) is 0 Å². The Balaban J connectivity index is 2.13.